The van der Waals surface area contributed by atoms with E-state index < -0.39 is 6.03 Å². The second kappa shape index (κ2) is 8.41. The Morgan fingerprint density at radius 1 is 1.32 bits per heavy atom. The number of hydrogen-bond acceptors (Lipinski definition) is 5. The van der Waals surface area contributed by atoms with Crippen LogP contribution in [0.25, 0.3) is 0 Å². The molecule has 0 spiro atoms. The zero-order chi connectivity index (χ0) is 17.5. The lowest BCUT2D eigenvalue weighted by Gasteiger charge is -2.34. The molecule has 0 aliphatic carbocycles. The van der Waals surface area contributed by atoms with Gasteiger partial charge in [0.2, 0.25) is 0 Å². The van der Waals surface area contributed by atoms with Crippen LogP contribution in [0.5, 0.6) is 0 Å². The highest BCUT2D eigenvalue weighted by atomic mass is 16.5. The van der Waals surface area contributed by atoms with Crippen LogP contribution in [0.15, 0.2) is 47.7 Å². The summed E-state index contributed by atoms with van der Waals surface area (Å²) >= 11 is 0. The summed E-state index contributed by atoms with van der Waals surface area (Å²) in [5.74, 6) is 0. The molecule has 1 unspecified atom stereocenters. The van der Waals surface area contributed by atoms with Crippen molar-refractivity contribution in [2.24, 2.45) is 0 Å². The molecular weight excluding hydrogens is 322 g/mol. The molecular formula is C17H21N5O3. The van der Waals surface area contributed by atoms with Crippen LogP contribution in [-0.2, 0) is 4.74 Å². The van der Waals surface area contributed by atoms with E-state index in [1.54, 1.807) is 18.3 Å². The van der Waals surface area contributed by atoms with Crippen LogP contribution in [0.3, 0.4) is 0 Å². The van der Waals surface area contributed by atoms with Gasteiger partial charge in [-0.1, -0.05) is 6.07 Å². The van der Waals surface area contributed by atoms with E-state index in [1.807, 2.05) is 18.3 Å². The van der Waals surface area contributed by atoms with Gasteiger partial charge in [-0.2, -0.15) is 0 Å². The Morgan fingerprint density at radius 2 is 2.16 bits per heavy atom. The van der Waals surface area contributed by atoms with Crippen LogP contribution in [-0.4, -0.2) is 53.7 Å². The van der Waals surface area contributed by atoms with Crippen molar-refractivity contribution in [1.82, 2.24) is 20.2 Å². The molecule has 0 radical (unpaired) electrons. The fourth-order valence-electron chi connectivity index (χ4n) is 2.80. The van der Waals surface area contributed by atoms with Crippen molar-refractivity contribution in [2.75, 3.05) is 38.2 Å². The number of carbonyl (C=O) groups excluding carboxylic acids is 1. The predicted molar refractivity (Wildman–Crippen MR) is 93.5 cm³/mol. The first kappa shape index (κ1) is 17.1. The Hall–Kier alpha value is -2.71. The highest BCUT2D eigenvalue weighted by Gasteiger charge is 2.23. The van der Waals surface area contributed by atoms with Crippen molar-refractivity contribution in [3.63, 3.8) is 0 Å². The van der Waals surface area contributed by atoms with E-state index in [0.29, 0.717) is 19.8 Å². The number of aromatic nitrogens is 2. The Balaban J connectivity index is 1.65. The van der Waals surface area contributed by atoms with Crippen LogP contribution in [0.4, 0.5) is 10.5 Å². The number of rotatable bonds is 5. The number of H-pyrrole nitrogens is 1. The second-order valence-electron chi connectivity index (χ2n) is 5.70. The van der Waals surface area contributed by atoms with Gasteiger partial charge in [0, 0.05) is 38.2 Å². The average Bonchev–Trinajstić information content (AvgIpc) is 2.66. The van der Waals surface area contributed by atoms with E-state index in [-0.39, 0.29) is 17.3 Å². The lowest BCUT2D eigenvalue weighted by atomic mass is 10.1. The van der Waals surface area contributed by atoms with E-state index in [2.05, 4.69) is 25.5 Å². The molecule has 2 aromatic heterocycles. The van der Waals surface area contributed by atoms with Gasteiger partial charge in [-0.15, -0.1) is 0 Å². The first-order chi connectivity index (χ1) is 12.2. The average molecular weight is 343 g/mol. The summed E-state index contributed by atoms with van der Waals surface area (Å²) in [7, 11) is 0. The van der Waals surface area contributed by atoms with Gasteiger partial charge in [-0.25, -0.2) is 4.79 Å². The summed E-state index contributed by atoms with van der Waals surface area (Å²) in [5, 5.41) is 5.41. The van der Waals surface area contributed by atoms with E-state index in [9.17, 15) is 9.59 Å². The molecule has 0 bridgehead atoms. The topological polar surface area (TPSA) is 99.3 Å². The van der Waals surface area contributed by atoms with Gasteiger partial charge in [0.15, 0.2) is 0 Å². The second-order valence-corrected chi connectivity index (χ2v) is 5.70. The summed E-state index contributed by atoms with van der Waals surface area (Å²) in [5.41, 5.74) is 0.904. The standard InChI is InChI=1S/C17H21N5O3/c23-16-14(4-2-6-19-16)21-17(24)20-12-15(13-3-1-5-18-11-13)22-7-9-25-10-8-22/h1-6,11,15H,7-10,12H2,(H,19,23)(H2,20,21,24). The lowest BCUT2D eigenvalue weighted by Crippen LogP contribution is -2.44. The van der Waals surface area contributed by atoms with Crippen molar-refractivity contribution < 1.29 is 9.53 Å². The molecule has 8 nitrogen and oxygen atoms in total. The van der Waals surface area contributed by atoms with E-state index in [0.717, 1.165) is 18.7 Å². The minimum Gasteiger partial charge on any atom is -0.379 e. The minimum absolute atomic E-state index is 0.00240. The van der Waals surface area contributed by atoms with Crippen molar-refractivity contribution in [3.05, 3.63) is 58.8 Å². The molecule has 2 amide bonds. The minimum atomic E-state index is -0.418. The number of hydrogen-bond donors (Lipinski definition) is 3. The Kier molecular flexibility index (Phi) is 5.76. The van der Waals surface area contributed by atoms with Gasteiger partial charge in [-0.3, -0.25) is 14.7 Å². The monoisotopic (exact) mass is 343 g/mol. The fourth-order valence-corrected chi connectivity index (χ4v) is 2.80. The molecule has 1 saturated heterocycles. The van der Waals surface area contributed by atoms with Crippen LogP contribution < -0.4 is 16.2 Å². The number of pyridine rings is 2. The molecule has 25 heavy (non-hydrogen) atoms. The van der Waals surface area contributed by atoms with E-state index >= 15 is 0 Å². The Labute approximate surface area is 145 Å². The third kappa shape index (κ3) is 4.65. The maximum Gasteiger partial charge on any atom is 0.319 e. The fraction of sp³-hybridized carbons (Fsp3) is 0.353. The predicted octanol–water partition coefficient (Wildman–Crippen LogP) is 0.965. The molecule has 3 rings (SSSR count). The van der Waals surface area contributed by atoms with Gasteiger partial charge < -0.3 is 20.4 Å². The number of nitrogens with one attached hydrogen (secondary N) is 3. The molecule has 1 aliphatic rings. The molecule has 1 fully saturated rings. The van der Waals surface area contributed by atoms with Crippen molar-refractivity contribution in [2.45, 2.75) is 6.04 Å². The van der Waals surface area contributed by atoms with Crippen molar-refractivity contribution in [1.29, 1.82) is 0 Å². The third-order valence-electron chi connectivity index (χ3n) is 4.08. The zero-order valence-electron chi connectivity index (χ0n) is 13.8. The Bertz CT molecular complexity index is 743. The molecule has 8 heteroatoms. The molecule has 2 aromatic rings. The number of ether oxygens (including phenoxy) is 1. The van der Waals surface area contributed by atoms with E-state index in [1.165, 1.54) is 6.20 Å². The van der Waals surface area contributed by atoms with Gasteiger partial charge in [0.1, 0.15) is 5.69 Å². The summed E-state index contributed by atoms with van der Waals surface area (Å²) in [6, 6.07) is 6.67. The summed E-state index contributed by atoms with van der Waals surface area (Å²) in [6.07, 6.45) is 5.05. The van der Waals surface area contributed by atoms with Crippen LogP contribution in [0.1, 0.15) is 11.6 Å². The number of carbonyl (C=O) groups is 1. The number of aromatic amines is 1. The lowest BCUT2D eigenvalue weighted by molar-refractivity contribution is 0.0167. The normalized spacial score (nSPS) is 16.2. The third-order valence-corrected chi connectivity index (χ3v) is 4.08. The zero-order valence-corrected chi connectivity index (χ0v) is 13.8. The van der Waals surface area contributed by atoms with Crippen LogP contribution >= 0.6 is 0 Å². The summed E-state index contributed by atoms with van der Waals surface area (Å²) in [4.78, 5) is 32.7. The smallest absolute Gasteiger partial charge is 0.319 e. The first-order valence-corrected chi connectivity index (χ1v) is 8.18. The molecule has 1 atom stereocenters. The number of nitrogens with zero attached hydrogens (tertiary/aromatic N) is 2. The number of urea groups is 1. The quantitative estimate of drug-likeness (QED) is 0.751. The highest BCUT2D eigenvalue weighted by molar-refractivity contribution is 5.88. The molecule has 0 aromatic carbocycles. The summed E-state index contributed by atoms with van der Waals surface area (Å²) in [6.45, 7) is 3.33. The molecule has 3 heterocycles. The first-order valence-electron chi connectivity index (χ1n) is 8.18. The molecule has 0 saturated carbocycles. The van der Waals surface area contributed by atoms with Gasteiger partial charge in [0.05, 0.1) is 19.3 Å². The van der Waals surface area contributed by atoms with Crippen molar-refractivity contribution >= 4 is 11.7 Å². The largest absolute Gasteiger partial charge is 0.379 e. The molecule has 1 aliphatic heterocycles. The van der Waals surface area contributed by atoms with Gasteiger partial charge in [-0.05, 0) is 23.8 Å². The molecule has 3 N–H and O–H groups in total. The van der Waals surface area contributed by atoms with Crippen molar-refractivity contribution in [3.8, 4) is 0 Å². The van der Waals surface area contributed by atoms with Crippen LogP contribution in [0, 0.1) is 0 Å². The highest BCUT2D eigenvalue weighted by Crippen LogP contribution is 2.20. The van der Waals surface area contributed by atoms with Gasteiger partial charge in [0.25, 0.3) is 5.56 Å². The number of amides is 2. The van der Waals surface area contributed by atoms with Crippen LogP contribution in [0.2, 0.25) is 0 Å². The Morgan fingerprint density at radius 3 is 2.88 bits per heavy atom. The maximum absolute atomic E-state index is 12.1. The maximum atomic E-state index is 12.1. The number of anilines is 1. The molecule has 132 valence electrons. The SMILES string of the molecule is O=C(NCC(c1cccnc1)N1CCOCC1)Nc1ccc[nH]c1=O. The van der Waals surface area contributed by atoms with E-state index in [4.69, 9.17) is 4.74 Å². The van der Waals surface area contributed by atoms with Gasteiger partial charge >= 0.3 is 6.03 Å². The number of morpholine rings is 1. The summed E-state index contributed by atoms with van der Waals surface area (Å²) < 4.78 is 5.41.